The normalized spacial score (nSPS) is 33.1. The van der Waals surface area contributed by atoms with E-state index < -0.39 is 0 Å². The summed E-state index contributed by atoms with van der Waals surface area (Å²) in [7, 11) is 0. The summed E-state index contributed by atoms with van der Waals surface area (Å²) in [5.41, 5.74) is 0. The topological polar surface area (TPSA) is 32.3 Å². The molecule has 0 radical (unpaired) electrons. The molecule has 2 saturated heterocycles. The largest absolute Gasteiger partial charge is 0.340 e. The van der Waals surface area contributed by atoms with E-state index in [4.69, 9.17) is 0 Å². The lowest BCUT2D eigenvalue weighted by atomic mass is 10.1. The van der Waals surface area contributed by atoms with E-state index in [9.17, 15) is 4.79 Å². The summed E-state index contributed by atoms with van der Waals surface area (Å²) in [6.45, 7) is 5.40. The first-order valence-corrected chi connectivity index (χ1v) is 6.27. The van der Waals surface area contributed by atoms with Gasteiger partial charge in [-0.25, -0.2) is 0 Å². The predicted octanol–water partition coefficient (Wildman–Crippen LogP) is 1.39. The number of rotatable bonds is 2. The minimum atomic E-state index is 0.381. The Kier molecular flexibility index (Phi) is 3.62. The summed E-state index contributed by atoms with van der Waals surface area (Å²) in [5.74, 6) is 1.07. The highest BCUT2D eigenvalue weighted by Crippen LogP contribution is 2.20. The number of carbonyl (C=O) groups is 1. The molecule has 1 N–H and O–H groups in total. The van der Waals surface area contributed by atoms with Gasteiger partial charge in [-0.15, -0.1) is 0 Å². The molecule has 2 rings (SSSR count). The van der Waals surface area contributed by atoms with Crippen molar-refractivity contribution >= 4 is 5.91 Å². The Bertz CT molecular complexity index is 224. The van der Waals surface area contributed by atoms with Gasteiger partial charge in [0.05, 0.1) is 0 Å². The van der Waals surface area contributed by atoms with E-state index >= 15 is 0 Å². The molecule has 15 heavy (non-hydrogen) atoms. The fourth-order valence-corrected chi connectivity index (χ4v) is 2.69. The molecule has 0 saturated carbocycles. The Labute approximate surface area is 92.2 Å². The van der Waals surface area contributed by atoms with E-state index in [1.54, 1.807) is 0 Å². The molecule has 2 unspecified atom stereocenters. The quantitative estimate of drug-likeness (QED) is 0.747. The van der Waals surface area contributed by atoms with Crippen LogP contribution < -0.4 is 5.32 Å². The lowest BCUT2D eigenvalue weighted by Crippen LogP contribution is -2.40. The third-order valence-corrected chi connectivity index (χ3v) is 3.73. The van der Waals surface area contributed by atoms with Crippen molar-refractivity contribution < 1.29 is 4.79 Å². The van der Waals surface area contributed by atoms with E-state index in [1.807, 2.05) is 0 Å². The molecular weight excluding hydrogens is 188 g/mol. The molecule has 2 heterocycles. The minimum absolute atomic E-state index is 0.381. The molecule has 2 atom stereocenters. The van der Waals surface area contributed by atoms with Gasteiger partial charge in [0, 0.05) is 19.0 Å². The van der Waals surface area contributed by atoms with E-state index in [1.165, 1.54) is 19.3 Å². The monoisotopic (exact) mass is 210 g/mol. The van der Waals surface area contributed by atoms with Gasteiger partial charge in [-0.2, -0.15) is 0 Å². The smallest absolute Gasteiger partial charge is 0.222 e. The van der Waals surface area contributed by atoms with Crippen molar-refractivity contribution in [3.05, 3.63) is 0 Å². The highest BCUT2D eigenvalue weighted by molar-refractivity contribution is 5.76. The van der Waals surface area contributed by atoms with Crippen LogP contribution in [-0.2, 0) is 4.79 Å². The average Bonchev–Trinajstić information content (AvgIpc) is 2.67. The SMILES string of the molecule is CC1CCCCC(=O)N1CC1CCNC1. The fourth-order valence-electron chi connectivity index (χ4n) is 2.69. The Balaban J connectivity index is 1.93. The van der Waals surface area contributed by atoms with Crippen molar-refractivity contribution in [1.29, 1.82) is 0 Å². The molecule has 3 nitrogen and oxygen atoms in total. The van der Waals surface area contributed by atoms with Crippen LogP contribution in [0.3, 0.4) is 0 Å². The summed E-state index contributed by atoms with van der Waals surface area (Å²) in [4.78, 5) is 14.0. The molecule has 0 aromatic carbocycles. The highest BCUT2D eigenvalue weighted by atomic mass is 16.2. The molecule has 86 valence electrons. The standard InChI is InChI=1S/C12H22N2O/c1-10-4-2-3-5-12(15)14(10)9-11-6-7-13-8-11/h10-11,13H,2-9H2,1H3. The maximum Gasteiger partial charge on any atom is 0.222 e. The van der Waals surface area contributed by atoms with Crippen molar-refractivity contribution in [2.45, 2.75) is 45.1 Å². The van der Waals surface area contributed by atoms with E-state index in [0.29, 0.717) is 17.9 Å². The fraction of sp³-hybridized carbons (Fsp3) is 0.917. The zero-order valence-electron chi connectivity index (χ0n) is 9.67. The molecule has 0 aliphatic carbocycles. The van der Waals surface area contributed by atoms with E-state index in [2.05, 4.69) is 17.1 Å². The van der Waals surface area contributed by atoms with Gasteiger partial charge in [0.25, 0.3) is 0 Å². The summed E-state index contributed by atoms with van der Waals surface area (Å²) < 4.78 is 0. The van der Waals surface area contributed by atoms with Gasteiger partial charge in [-0.1, -0.05) is 6.42 Å². The first-order valence-electron chi connectivity index (χ1n) is 6.27. The van der Waals surface area contributed by atoms with Gasteiger partial charge in [-0.3, -0.25) is 4.79 Å². The number of nitrogens with zero attached hydrogens (tertiary/aromatic N) is 1. The van der Waals surface area contributed by atoms with Crippen LogP contribution >= 0.6 is 0 Å². The molecular formula is C12H22N2O. The Morgan fingerprint density at radius 2 is 2.27 bits per heavy atom. The summed E-state index contributed by atoms with van der Waals surface area (Å²) in [5, 5.41) is 3.37. The van der Waals surface area contributed by atoms with Crippen LogP contribution in [0.15, 0.2) is 0 Å². The van der Waals surface area contributed by atoms with Gasteiger partial charge < -0.3 is 10.2 Å². The van der Waals surface area contributed by atoms with Crippen molar-refractivity contribution in [3.8, 4) is 0 Å². The summed E-state index contributed by atoms with van der Waals surface area (Å²) in [6, 6.07) is 0.459. The van der Waals surface area contributed by atoms with Crippen LogP contribution in [0.25, 0.3) is 0 Å². The van der Waals surface area contributed by atoms with Gasteiger partial charge in [-0.05, 0) is 45.2 Å². The molecule has 0 aromatic rings. The molecule has 2 fully saturated rings. The maximum atomic E-state index is 11.9. The summed E-state index contributed by atoms with van der Waals surface area (Å²) in [6.07, 6.45) is 5.49. The number of amides is 1. The van der Waals surface area contributed by atoms with Gasteiger partial charge in [0.15, 0.2) is 0 Å². The molecule has 1 amide bonds. The van der Waals surface area contributed by atoms with Crippen molar-refractivity contribution in [3.63, 3.8) is 0 Å². The second-order valence-electron chi connectivity index (χ2n) is 5.00. The van der Waals surface area contributed by atoms with Crippen LogP contribution in [0.5, 0.6) is 0 Å². The average molecular weight is 210 g/mol. The van der Waals surface area contributed by atoms with Crippen LogP contribution in [-0.4, -0.2) is 36.5 Å². The van der Waals surface area contributed by atoms with Gasteiger partial charge in [0.2, 0.25) is 5.91 Å². The molecule has 0 aromatic heterocycles. The Hall–Kier alpha value is -0.570. The molecule has 2 aliphatic heterocycles. The summed E-state index contributed by atoms with van der Waals surface area (Å²) >= 11 is 0. The maximum absolute atomic E-state index is 11.9. The Morgan fingerprint density at radius 1 is 1.40 bits per heavy atom. The number of hydrogen-bond donors (Lipinski definition) is 1. The Morgan fingerprint density at radius 3 is 3.00 bits per heavy atom. The first-order chi connectivity index (χ1) is 7.27. The zero-order valence-corrected chi connectivity index (χ0v) is 9.67. The minimum Gasteiger partial charge on any atom is -0.340 e. The molecule has 2 aliphatic rings. The first kappa shape index (κ1) is 10.9. The number of carbonyl (C=O) groups excluding carboxylic acids is 1. The molecule has 0 bridgehead atoms. The molecule has 3 heteroatoms. The number of hydrogen-bond acceptors (Lipinski definition) is 2. The van der Waals surface area contributed by atoms with E-state index in [-0.39, 0.29) is 0 Å². The van der Waals surface area contributed by atoms with Crippen LogP contribution in [0, 0.1) is 5.92 Å². The van der Waals surface area contributed by atoms with Crippen molar-refractivity contribution in [2.24, 2.45) is 5.92 Å². The number of nitrogens with one attached hydrogen (secondary N) is 1. The molecule has 0 spiro atoms. The number of likely N-dealkylation sites (tertiary alicyclic amines) is 1. The van der Waals surface area contributed by atoms with Crippen LogP contribution in [0.2, 0.25) is 0 Å². The lowest BCUT2D eigenvalue weighted by Gasteiger charge is -2.29. The van der Waals surface area contributed by atoms with Crippen molar-refractivity contribution in [1.82, 2.24) is 10.2 Å². The van der Waals surface area contributed by atoms with Gasteiger partial charge in [0.1, 0.15) is 0 Å². The zero-order chi connectivity index (χ0) is 10.7. The second-order valence-corrected chi connectivity index (χ2v) is 5.00. The van der Waals surface area contributed by atoms with Crippen LogP contribution in [0.4, 0.5) is 0 Å². The third kappa shape index (κ3) is 2.71. The second kappa shape index (κ2) is 4.97. The lowest BCUT2D eigenvalue weighted by molar-refractivity contribution is -0.133. The predicted molar refractivity (Wildman–Crippen MR) is 60.6 cm³/mol. The van der Waals surface area contributed by atoms with Gasteiger partial charge >= 0.3 is 0 Å². The highest BCUT2D eigenvalue weighted by Gasteiger charge is 2.26. The van der Waals surface area contributed by atoms with Crippen molar-refractivity contribution in [2.75, 3.05) is 19.6 Å². The van der Waals surface area contributed by atoms with Crippen LogP contribution in [0.1, 0.15) is 39.0 Å². The van der Waals surface area contributed by atoms with E-state index in [0.717, 1.165) is 32.5 Å². The third-order valence-electron chi connectivity index (χ3n) is 3.73.